The second-order valence-electron chi connectivity index (χ2n) is 14.7. The maximum atomic E-state index is 16.6. The van der Waals surface area contributed by atoms with Crippen LogP contribution in [0.25, 0.3) is 28.2 Å². The number of piperidine rings is 3. The lowest BCUT2D eigenvalue weighted by Crippen LogP contribution is -2.62. The molecule has 7 rings (SSSR count). The predicted molar refractivity (Wildman–Crippen MR) is 190 cm³/mol. The lowest BCUT2D eigenvalue weighted by molar-refractivity contribution is -0.970. The van der Waals surface area contributed by atoms with E-state index in [2.05, 4.69) is 20.7 Å². The largest absolute Gasteiger partial charge is 0.481 e. The normalized spacial score (nSPS) is 24.3. The molecule has 3 aliphatic heterocycles. The molecule has 6 heterocycles. The molecule has 0 radical (unpaired) electrons. The van der Waals surface area contributed by atoms with Gasteiger partial charge in [-0.3, -0.25) is 9.59 Å². The number of hydrogen-bond donors (Lipinski definition) is 3. The van der Waals surface area contributed by atoms with Crippen molar-refractivity contribution in [3.05, 3.63) is 66.2 Å². The number of rotatable bonds is 9. The van der Waals surface area contributed by atoms with E-state index in [1.807, 2.05) is 61.7 Å². The molecular weight excluding hydrogens is 649 g/mol. The molecule has 0 bridgehead atoms. The number of nitrogens with zero attached hydrogens (tertiary/aromatic N) is 7. The number of aliphatic carboxylic acids is 1. The third-order valence-electron chi connectivity index (χ3n) is 11.4. The summed E-state index contributed by atoms with van der Waals surface area (Å²) >= 11 is 0. The Bertz CT molecular complexity index is 1940. The second kappa shape index (κ2) is 14.4. The molecule has 12 nitrogen and oxygen atoms in total. The van der Waals surface area contributed by atoms with Crippen LogP contribution >= 0.6 is 0 Å². The van der Waals surface area contributed by atoms with Crippen molar-refractivity contribution >= 4 is 23.2 Å². The Morgan fingerprint density at radius 2 is 1.88 bits per heavy atom. The molecule has 3 N–H and O–H groups in total. The molecule has 0 spiro atoms. The van der Waals surface area contributed by atoms with Gasteiger partial charge in [-0.2, -0.15) is 10.4 Å². The number of halogens is 1. The van der Waals surface area contributed by atoms with Gasteiger partial charge in [0.25, 0.3) is 0 Å². The van der Waals surface area contributed by atoms with Gasteiger partial charge in [-0.1, -0.05) is 30.3 Å². The fraction of sp³-hybridized carbons (Fsp3) is 0.474. The zero-order valence-corrected chi connectivity index (χ0v) is 29.0. The van der Waals surface area contributed by atoms with Crippen molar-refractivity contribution in [3.63, 3.8) is 0 Å². The quantitative estimate of drug-likeness (QED) is 0.209. The van der Waals surface area contributed by atoms with E-state index in [0.717, 1.165) is 74.0 Å². The number of aromatic nitrogens is 4. The van der Waals surface area contributed by atoms with Crippen LogP contribution in [0.15, 0.2) is 54.9 Å². The van der Waals surface area contributed by atoms with Gasteiger partial charge < -0.3 is 25.1 Å². The summed E-state index contributed by atoms with van der Waals surface area (Å²) in [7, 11) is 0. The number of fused-ring (bicyclic) bond motifs is 1. The third-order valence-corrected chi connectivity index (χ3v) is 11.4. The molecular formula is C38H45FN9O3+. The first-order valence-electron chi connectivity index (χ1n) is 18.0. The predicted octanol–water partition coefficient (Wildman–Crippen LogP) is 4.87. The zero-order chi connectivity index (χ0) is 35.6. The van der Waals surface area contributed by atoms with E-state index in [1.54, 1.807) is 15.6 Å². The number of quaternary nitrogens is 1. The Hall–Kier alpha value is -4.93. The fourth-order valence-electron chi connectivity index (χ4n) is 8.18. The maximum Gasteiger partial charge on any atom is 0.309 e. The molecule has 3 aromatic heterocycles. The first-order chi connectivity index (χ1) is 24.7. The van der Waals surface area contributed by atoms with Gasteiger partial charge in [0.1, 0.15) is 18.7 Å². The smallest absolute Gasteiger partial charge is 0.309 e. The Balaban J connectivity index is 1.20. The monoisotopic (exact) mass is 694 g/mol. The highest BCUT2D eigenvalue weighted by Gasteiger charge is 2.48. The number of nitriles is 1. The van der Waals surface area contributed by atoms with Gasteiger partial charge in [0.05, 0.1) is 47.9 Å². The first-order valence-corrected chi connectivity index (χ1v) is 18.0. The number of carboxylic acid groups (broad SMARTS) is 1. The number of anilines is 1. The summed E-state index contributed by atoms with van der Waals surface area (Å²) in [5, 5.41) is 30.2. The lowest BCUT2D eigenvalue weighted by Gasteiger charge is -2.51. The molecule has 0 aliphatic carbocycles. The van der Waals surface area contributed by atoms with Gasteiger partial charge in [-0.05, 0) is 31.9 Å². The van der Waals surface area contributed by atoms with Gasteiger partial charge in [0.15, 0.2) is 17.5 Å². The Labute approximate surface area is 296 Å². The van der Waals surface area contributed by atoms with Crippen LogP contribution in [0.1, 0.15) is 57.4 Å². The Kier molecular flexibility index (Phi) is 9.72. The second-order valence-corrected chi connectivity index (χ2v) is 14.7. The van der Waals surface area contributed by atoms with Crippen LogP contribution in [0.4, 0.5) is 10.2 Å². The standard InChI is InChI=1S/C38H44FN9O3/c1-38(37(50)51)14-21-48(22-15-38,29-12-17-41-18-13-29)25-26-7-9-27(10-8-26)34-33(39)36(43-28-5-4-19-46(24-28)32(49)11-16-40)45-35(44-34)30-23-42-47-20-3-2-6-31(30)47/h2-3,6-10,20,23,28-29,41H,4-5,11-15,17-19,21-22,24-25H2,1H3,(H-,43,44,45,50,51)/p+1/t28-,38?,48?/m1/s1. The van der Waals surface area contributed by atoms with E-state index in [4.69, 9.17) is 10.2 Å². The minimum atomic E-state index is -0.715. The summed E-state index contributed by atoms with van der Waals surface area (Å²) in [6, 6.07) is 15.8. The molecule has 1 aromatic carbocycles. The van der Waals surface area contributed by atoms with E-state index in [0.29, 0.717) is 48.9 Å². The van der Waals surface area contributed by atoms with Gasteiger partial charge in [-0.15, -0.1) is 0 Å². The number of benzene rings is 1. The van der Waals surface area contributed by atoms with E-state index in [-0.39, 0.29) is 29.9 Å². The van der Waals surface area contributed by atoms with Crippen molar-refractivity contribution in [2.75, 3.05) is 44.6 Å². The fourth-order valence-corrected chi connectivity index (χ4v) is 8.18. The minimum absolute atomic E-state index is 0.0548. The molecule has 3 saturated heterocycles. The van der Waals surface area contributed by atoms with Crippen LogP contribution in [0.2, 0.25) is 0 Å². The summed E-state index contributed by atoms with van der Waals surface area (Å²) < 4.78 is 19.1. The van der Waals surface area contributed by atoms with Crippen LogP contribution in [-0.2, 0) is 16.1 Å². The van der Waals surface area contributed by atoms with Crippen molar-refractivity contribution in [2.24, 2.45) is 5.41 Å². The highest BCUT2D eigenvalue weighted by molar-refractivity contribution is 5.79. The molecule has 0 unspecified atom stereocenters. The van der Waals surface area contributed by atoms with E-state index in [1.165, 1.54) is 0 Å². The summed E-state index contributed by atoms with van der Waals surface area (Å²) in [5.41, 5.74) is 2.65. The van der Waals surface area contributed by atoms with Crippen molar-refractivity contribution in [1.82, 2.24) is 29.8 Å². The molecule has 1 amide bonds. The summed E-state index contributed by atoms with van der Waals surface area (Å²) in [5.74, 6) is -1.14. The Morgan fingerprint density at radius 3 is 2.61 bits per heavy atom. The molecule has 266 valence electrons. The summed E-state index contributed by atoms with van der Waals surface area (Å²) in [6.45, 7) is 7.13. The number of hydrogen-bond acceptors (Lipinski definition) is 8. The van der Waals surface area contributed by atoms with E-state index >= 15 is 4.39 Å². The van der Waals surface area contributed by atoms with Crippen LogP contribution in [0, 0.1) is 22.6 Å². The number of likely N-dealkylation sites (tertiary alicyclic amines) is 2. The van der Waals surface area contributed by atoms with Crippen LogP contribution in [0.3, 0.4) is 0 Å². The maximum absolute atomic E-state index is 16.6. The topological polar surface area (TPSA) is 149 Å². The van der Waals surface area contributed by atoms with Gasteiger partial charge >= 0.3 is 5.97 Å². The molecule has 13 heteroatoms. The third kappa shape index (κ3) is 7.03. The molecule has 3 fully saturated rings. The van der Waals surface area contributed by atoms with Crippen LogP contribution in [-0.4, -0.2) is 97.3 Å². The molecule has 4 aromatic rings. The zero-order valence-electron chi connectivity index (χ0n) is 29.0. The van der Waals surface area contributed by atoms with Gasteiger partial charge in [-0.25, -0.2) is 18.9 Å². The molecule has 1 atom stereocenters. The highest BCUT2D eigenvalue weighted by atomic mass is 19.1. The van der Waals surface area contributed by atoms with Crippen LogP contribution in [0.5, 0.6) is 0 Å². The molecule has 3 aliphatic rings. The number of nitrogens with one attached hydrogen (secondary N) is 2. The minimum Gasteiger partial charge on any atom is -0.481 e. The number of pyridine rings is 1. The van der Waals surface area contributed by atoms with E-state index < -0.39 is 17.2 Å². The SMILES string of the molecule is CC1(C(=O)O)CC[N+](Cc2ccc(-c3nc(-c4cnn5ccccc45)nc(N[C@@H]4CCCN(C(=O)CC#N)C4)c3F)cc2)(C2CCNCC2)CC1. The highest BCUT2D eigenvalue weighted by Crippen LogP contribution is 2.39. The van der Waals surface area contributed by atoms with Gasteiger partial charge in [0.2, 0.25) is 5.91 Å². The number of carbonyl (C=O) groups is 2. The van der Waals surface area contributed by atoms with Crippen molar-refractivity contribution in [2.45, 2.75) is 70.5 Å². The molecule has 51 heavy (non-hydrogen) atoms. The average molecular weight is 695 g/mol. The molecule has 0 saturated carbocycles. The first kappa shape index (κ1) is 34.5. The Morgan fingerprint density at radius 1 is 1.12 bits per heavy atom. The average Bonchev–Trinajstić information content (AvgIpc) is 3.59. The summed E-state index contributed by atoms with van der Waals surface area (Å²) in [6.07, 6.45) is 8.17. The van der Waals surface area contributed by atoms with Crippen LogP contribution < -0.4 is 10.6 Å². The lowest BCUT2D eigenvalue weighted by atomic mass is 9.78. The van der Waals surface area contributed by atoms with Crippen molar-refractivity contribution in [1.29, 1.82) is 5.26 Å². The van der Waals surface area contributed by atoms with E-state index in [9.17, 15) is 14.7 Å². The van der Waals surface area contributed by atoms with Crippen molar-refractivity contribution < 1.29 is 23.6 Å². The number of amides is 1. The summed E-state index contributed by atoms with van der Waals surface area (Å²) in [4.78, 5) is 35.7. The van der Waals surface area contributed by atoms with Crippen molar-refractivity contribution in [3.8, 4) is 28.7 Å². The number of carboxylic acids is 1. The number of carbonyl (C=O) groups excluding carboxylic acids is 1. The van der Waals surface area contributed by atoms with Gasteiger partial charge in [0, 0.05) is 75.2 Å².